The molecule has 0 aliphatic carbocycles. The molecule has 0 spiro atoms. The number of amides is 1. The van der Waals surface area contributed by atoms with Crippen LogP contribution in [0.3, 0.4) is 0 Å². The predicted molar refractivity (Wildman–Crippen MR) is 92.0 cm³/mol. The van der Waals surface area contributed by atoms with Crippen molar-refractivity contribution in [1.82, 2.24) is 20.4 Å². The first-order chi connectivity index (χ1) is 10.6. The Hall–Kier alpha value is -2.05. The number of hydrogen-bond acceptors (Lipinski definition) is 4. The lowest BCUT2D eigenvalue weighted by molar-refractivity contribution is -0.123. The average Bonchev–Trinajstić information content (AvgIpc) is 2.95. The van der Waals surface area contributed by atoms with E-state index in [4.69, 9.17) is 4.74 Å². The van der Waals surface area contributed by atoms with E-state index in [9.17, 15) is 4.79 Å². The van der Waals surface area contributed by atoms with Crippen molar-refractivity contribution >= 4 is 18.3 Å². The third-order valence-electron chi connectivity index (χ3n) is 3.48. The van der Waals surface area contributed by atoms with Crippen LogP contribution >= 0.6 is 12.4 Å². The van der Waals surface area contributed by atoms with Crippen LogP contribution in [0.4, 0.5) is 0 Å². The molecule has 2 N–H and O–H groups in total. The molecular formula is C16H23ClN4O2. The molecule has 2 aromatic rings. The van der Waals surface area contributed by atoms with E-state index in [-0.39, 0.29) is 24.4 Å². The SMILES string of the molecule is CNC(C(=O)NCCc1ccc(OC)cc1)c1cnn(C)c1.Cl. The van der Waals surface area contributed by atoms with Crippen molar-refractivity contribution in [3.8, 4) is 5.75 Å². The number of aromatic nitrogens is 2. The van der Waals surface area contributed by atoms with Gasteiger partial charge in [-0.05, 0) is 31.2 Å². The van der Waals surface area contributed by atoms with E-state index in [1.807, 2.05) is 37.5 Å². The maximum Gasteiger partial charge on any atom is 0.241 e. The fourth-order valence-electron chi connectivity index (χ4n) is 2.26. The minimum Gasteiger partial charge on any atom is -0.497 e. The first-order valence-electron chi connectivity index (χ1n) is 7.20. The lowest BCUT2D eigenvalue weighted by Gasteiger charge is -2.14. The van der Waals surface area contributed by atoms with Crippen molar-refractivity contribution in [2.45, 2.75) is 12.5 Å². The van der Waals surface area contributed by atoms with Crippen molar-refractivity contribution in [2.24, 2.45) is 7.05 Å². The summed E-state index contributed by atoms with van der Waals surface area (Å²) in [7, 11) is 5.24. The molecule has 0 saturated heterocycles. The van der Waals surface area contributed by atoms with Crippen molar-refractivity contribution in [3.05, 3.63) is 47.8 Å². The number of hydrogen-bond donors (Lipinski definition) is 2. The zero-order chi connectivity index (χ0) is 15.9. The molecule has 0 aliphatic rings. The summed E-state index contributed by atoms with van der Waals surface area (Å²) in [6.45, 7) is 0.587. The van der Waals surface area contributed by atoms with Gasteiger partial charge in [0.15, 0.2) is 0 Å². The van der Waals surface area contributed by atoms with Gasteiger partial charge in [0.05, 0.1) is 13.3 Å². The molecule has 1 atom stereocenters. The van der Waals surface area contributed by atoms with Gasteiger partial charge in [0.1, 0.15) is 11.8 Å². The zero-order valence-corrected chi connectivity index (χ0v) is 14.4. The third-order valence-corrected chi connectivity index (χ3v) is 3.48. The first-order valence-corrected chi connectivity index (χ1v) is 7.20. The average molecular weight is 339 g/mol. The number of nitrogens with one attached hydrogen (secondary N) is 2. The Kier molecular flexibility index (Phi) is 7.57. The van der Waals surface area contributed by atoms with E-state index in [0.29, 0.717) is 6.54 Å². The Labute approximate surface area is 142 Å². The Morgan fingerprint density at radius 3 is 2.57 bits per heavy atom. The highest BCUT2D eigenvalue weighted by Crippen LogP contribution is 2.12. The topological polar surface area (TPSA) is 68.2 Å². The van der Waals surface area contributed by atoms with E-state index in [1.54, 1.807) is 25.0 Å². The van der Waals surface area contributed by atoms with Gasteiger partial charge in [-0.3, -0.25) is 9.48 Å². The van der Waals surface area contributed by atoms with E-state index in [1.165, 1.54) is 0 Å². The van der Waals surface area contributed by atoms with Gasteiger partial charge in [-0.1, -0.05) is 12.1 Å². The smallest absolute Gasteiger partial charge is 0.241 e. The number of nitrogens with zero attached hydrogens (tertiary/aromatic N) is 2. The van der Waals surface area contributed by atoms with Crippen molar-refractivity contribution in [1.29, 1.82) is 0 Å². The van der Waals surface area contributed by atoms with Crippen molar-refractivity contribution in [3.63, 3.8) is 0 Å². The Morgan fingerprint density at radius 1 is 1.35 bits per heavy atom. The van der Waals surface area contributed by atoms with Crippen LogP contribution in [0.1, 0.15) is 17.2 Å². The first kappa shape index (κ1) is 19.0. The quantitative estimate of drug-likeness (QED) is 0.802. The van der Waals surface area contributed by atoms with E-state index in [2.05, 4.69) is 15.7 Å². The molecule has 1 aromatic carbocycles. The number of carbonyl (C=O) groups is 1. The standard InChI is InChI=1S/C16H22N4O2.ClH/c1-17-15(13-10-19-20(2)11-13)16(21)18-9-8-12-4-6-14(22-3)7-5-12;/h4-7,10-11,15,17H,8-9H2,1-3H3,(H,18,21);1H. The van der Waals surface area contributed by atoms with Gasteiger partial charge < -0.3 is 15.4 Å². The molecule has 6 nitrogen and oxygen atoms in total. The monoisotopic (exact) mass is 338 g/mol. The fourth-order valence-corrected chi connectivity index (χ4v) is 2.26. The number of ether oxygens (including phenoxy) is 1. The highest BCUT2D eigenvalue weighted by atomic mass is 35.5. The maximum atomic E-state index is 12.2. The molecule has 0 radical (unpaired) electrons. The summed E-state index contributed by atoms with van der Waals surface area (Å²) < 4.78 is 6.81. The molecular weight excluding hydrogens is 316 g/mol. The van der Waals surface area contributed by atoms with Gasteiger partial charge in [-0.25, -0.2) is 0 Å². The predicted octanol–water partition coefficient (Wildman–Crippen LogP) is 1.47. The van der Waals surface area contributed by atoms with Gasteiger partial charge in [0, 0.05) is 25.4 Å². The second-order valence-corrected chi connectivity index (χ2v) is 5.06. The fraction of sp³-hybridized carbons (Fsp3) is 0.375. The molecule has 1 heterocycles. The molecule has 1 aromatic heterocycles. The van der Waals surface area contributed by atoms with Crippen molar-refractivity contribution < 1.29 is 9.53 Å². The van der Waals surface area contributed by atoms with Gasteiger partial charge in [-0.2, -0.15) is 5.10 Å². The molecule has 0 aliphatic heterocycles. The maximum absolute atomic E-state index is 12.2. The summed E-state index contributed by atoms with van der Waals surface area (Å²) in [5.41, 5.74) is 2.01. The van der Waals surface area contributed by atoms with Gasteiger partial charge in [-0.15, -0.1) is 12.4 Å². The summed E-state index contributed by atoms with van der Waals surface area (Å²) in [6.07, 6.45) is 4.31. The number of carbonyl (C=O) groups excluding carboxylic acids is 1. The Bertz CT molecular complexity index is 613. The summed E-state index contributed by atoms with van der Waals surface area (Å²) >= 11 is 0. The van der Waals surface area contributed by atoms with Crippen LogP contribution in [0.2, 0.25) is 0 Å². The van der Waals surface area contributed by atoms with Gasteiger partial charge in [0.25, 0.3) is 0 Å². The zero-order valence-electron chi connectivity index (χ0n) is 13.6. The van der Waals surface area contributed by atoms with Crippen LogP contribution in [-0.2, 0) is 18.3 Å². The highest BCUT2D eigenvalue weighted by Gasteiger charge is 2.19. The molecule has 23 heavy (non-hydrogen) atoms. The van der Waals surface area contributed by atoms with E-state index < -0.39 is 0 Å². The number of methoxy groups -OCH3 is 1. The summed E-state index contributed by atoms with van der Waals surface area (Å²) in [6, 6.07) is 7.46. The number of halogens is 1. The molecule has 7 heteroatoms. The summed E-state index contributed by atoms with van der Waals surface area (Å²) in [4.78, 5) is 12.2. The van der Waals surface area contributed by atoms with Gasteiger partial charge in [0.2, 0.25) is 5.91 Å². The molecule has 0 bridgehead atoms. The second-order valence-electron chi connectivity index (χ2n) is 5.06. The molecule has 126 valence electrons. The van der Waals surface area contributed by atoms with Crippen molar-refractivity contribution in [2.75, 3.05) is 20.7 Å². The highest BCUT2D eigenvalue weighted by molar-refractivity contribution is 5.85. The van der Waals surface area contributed by atoms with E-state index >= 15 is 0 Å². The lowest BCUT2D eigenvalue weighted by atomic mass is 10.1. The summed E-state index contributed by atoms with van der Waals surface area (Å²) in [5, 5.41) is 10.1. The largest absolute Gasteiger partial charge is 0.497 e. The number of rotatable bonds is 7. The van der Waals surface area contributed by atoms with Crippen LogP contribution in [0.25, 0.3) is 0 Å². The minimum atomic E-state index is -0.385. The molecule has 1 unspecified atom stereocenters. The lowest BCUT2D eigenvalue weighted by Crippen LogP contribution is -2.36. The molecule has 0 fully saturated rings. The number of aryl methyl sites for hydroxylation is 1. The molecule has 2 rings (SSSR count). The van der Waals surface area contributed by atoms with E-state index in [0.717, 1.165) is 23.3 Å². The van der Waals surface area contributed by atoms with Crippen LogP contribution in [0, 0.1) is 0 Å². The van der Waals surface area contributed by atoms with Crippen LogP contribution in [0.15, 0.2) is 36.7 Å². The van der Waals surface area contributed by atoms with Crippen LogP contribution in [0.5, 0.6) is 5.75 Å². The minimum absolute atomic E-state index is 0. The second kappa shape index (κ2) is 9.17. The Morgan fingerprint density at radius 2 is 2.04 bits per heavy atom. The number of benzene rings is 1. The molecule has 0 saturated carbocycles. The number of likely N-dealkylation sites (N-methyl/N-ethyl adjacent to an activating group) is 1. The third kappa shape index (κ3) is 5.26. The summed E-state index contributed by atoms with van der Waals surface area (Å²) in [5.74, 6) is 0.781. The van der Waals surface area contributed by atoms with Gasteiger partial charge >= 0.3 is 0 Å². The normalized spacial score (nSPS) is 11.4. The Balaban J connectivity index is 0.00000264. The molecule has 1 amide bonds. The van der Waals surface area contributed by atoms with Crippen LogP contribution in [-0.4, -0.2) is 36.4 Å². The van der Waals surface area contributed by atoms with Crippen LogP contribution < -0.4 is 15.4 Å².